The average Bonchev–Trinajstić information content (AvgIpc) is 2.38. The van der Waals surface area contributed by atoms with Crippen molar-refractivity contribution in [2.75, 3.05) is 17.7 Å². The summed E-state index contributed by atoms with van der Waals surface area (Å²) < 4.78 is 5.74. The number of carbonyl (C=O) groups excluding carboxylic acids is 1. The van der Waals surface area contributed by atoms with Crippen molar-refractivity contribution in [3.8, 4) is 5.75 Å². The number of nitrogens with one attached hydrogen (secondary N) is 1. The maximum atomic E-state index is 11.7. The van der Waals surface area contributed by atoms with Crippen molar-refractivity contribution >= 4 is 17.3 Å². The molecule has 1 aromatic carbocycles. The highest BCUT2D eigenvalue weighted by atomic mass is 16.5. The van der Waals surface area contributed by atoms with Crippen LogP contribution in [0.5, 0.6) is 5.75 Å². The lowest BCUT2D eigenvalue weighted by atomic mass is 10.0. The monoisotopic (exact) mass is 234 g/mol. The van der Waals surface area contributed by atoms with E-state index in [4.69, 9.17) is 10.5 Å². The molecule has 0 spiro atoms. The van der Waals surface area contributed by atoms with Crippen LogP contribution in [0.3, 0.4) is 0 Å². The van der Waals surface area contributed by atoms with Gasteiger partial charge in [0.2, 0.25) is 5.91 Å². The first-order chi connectivity index (χ1) is 7.99. The topological polar surface area (TPSA) is 64.3 Å². The summed E-state index contributed by atoms with van der Waals surface area (Å²) in [6, 6.07) is 3.66. The first kappa shape index (κ1) is 11.8. The highest BCUT2D eigenvalue weighted by molar-refractivity contribution is 5.95. The Balaban J connectivity index is 2.51. The predicted octanol–water partition coefficient (Wildman–Crippen LogP) is 2.36. The maximum Gasteiger partial charge on any atom is 0.230 e. The molecule has 1 atom stereocenters. The number of hydrogen-bond donors (Lipinski definition) is 2. The number of benzene rings is 1. The quantitative estimate of drug-likeness (QED) is 0.733. The lowest BCUT2D eigenvalue weighted by molar-refractivity contribution is -0.119. The Morgan fingerprint density at radius 2 is 2.18 bits per heavy atom. The Morgan fingerprint density at radius 1 is 1.47 bits per heavy atom. The molecular weight excluding hydrogens is 216 g/mol. The molecule has 17 heavy (non-hydrogen) atoms. The summed E-state index contributed by atoms with van der Waals surface area (Å²) in [5, 5.41) is 2.86. The number of nitrogens with two attached hydrogens (primary N) is 1. The van der Waals surface area contributed by atoms with Gasteiger partial charge in [0.15, 0.2) is 0 Å². The zero-order valence-electron chi connectivity index (χ0n) is 10.4. The molecule has 3 N–H and O–H groups in total. The minimum absolute atomic E-state index is 0.0240. The molecule has 0 saturated heterocycles. The summed E-state index contributed by atoms with van der Waals surface area (Å²) in [6.07, 6.45) is 0. The molecule has 4 heteroatoms. The number of nitrogen functional groups attached to an aromatic ring is 1. The number of fused-ring (bicyclic) bond motifs is 1. The van der Waals surface area contributed by atoms with E-state index in [1.54, 1.807) is 6.07 Å². The fourth-order valence-electron chi connectivity index (χ4n) is 1.90. The maximum absolute atomic E-state index is 11.7. The van der Waals surface area contributed by atoms with Crippen molar-refractivity contribution in [3.05, 3.63) is 17.7 Å². The zero-order chi connectivity index (χ0) is 12.6. The van der Waals surface area contributed by atoms with Crippen molar-refractivity contribution in [3.63, 3.8) is 0 Å². The minimum Gasteiger partial charge on any atom is -0.490 e. The molecule has 1 aromatic rings. The van der Waals surface area contributed by atoms with Gasteiger partial charge in [-0.1, -0.05) is 20.8 Å². The van der Waals surface area contributed by atoms with Gasteiger partial charge < -0.3 is 15.8 Å². The van der Waals surface area contributed by atoms with Crippen LogP contribution in [0.15, 0.2) is 12.1 Å². The highest BCUT2D eigenvalue weighted by Crippen LogP contribution is 2.38. The van der Waals surface area contributed by atoms with Gasteiger partial charge in [0, 0.05) is 11.3 Å². The average molecular weight is 234 g/mol. The molecule has 0 bridgehead atoms. The second-order valence-electron chi connectivity index (χ2n) is 4.84. The van der Waals surface area contributed by atoms with E-state index in [2.05, 4.69) is 19.2 Å². The van der Waals surface area contributed by atoms with Crippen LogP contribution in [0.25, 0.3) is 0 Å². The van der Waals surface area contributed by atoms with Crippen molar-refractivity contribution in [2.45, 2.75) is 26.7 Å². The molecule has 0 aliphatic carbocycles. The van der Waals surface area contributed by atoms with Gasteiger partial charge in [0.1, 0.15) is 5.75 Å². The Hall–Kier alpha value is -1.71. The van der Waals surface area contributed by atoms with E-state index >= 15 is 0 Å². The molecule has 1 amide bonds. The lowest BCUT2D eigenvalue weighted by Gasteiger charge is -2.16. The van der Waals surface area contributed by atoms with E-state index in [0.717, 1.165) is 11.3 Å². The normalized spacial score (nSPS) is 19.3. The number of carbonyl (C=O) groups is 1. The number of amides is 1. The summed E-state index contributed by atoms with van der Waals surface area (Å²) in [6.45, 7) is 6.41. The summed E-state index contributed by atoms with van der Waals surface area (Å²) in [5.41, 5.74) is 8.21. The molecule has 0 aromatic heterocycles. The van der Waals surface area contributed by atoms with Gasteiger partial charge in [-0.25, -0.2) is 0 Å². The van der Waals surface area contributed by atoms with E-state index in [1.807, 2.05) is 13.0 Å². The van der Waals surface area contributed by atoms with E-state index < -0.39 is 0 Å². The van der Waals surface area contributed by atoms with Crippen LogP contribution in [-0.2, 0) is 4.79 Å². The van der Waals surface area contributed by atoms with Crippen LogP contribution >= 0.6 is 0 Å². The van der Waals surface area contributed by atoms with Gasteiger partial charge in [-0.2, -0.15) is 0 Å². The van der Waals surface area contributed by atoms with E-state index in [1.165, 1.54) is 0 Å². The smallest absolute Gasteiger partial charge is 0.230 e. The first-order valence-corrected chi connectivity index (χ1v) is 5.86. The third-order valence-corrected chi connectivity index (χ3v) is 2.95. The number of hydrogen-bond acceptors (Lipinski definition) is 3. The Bertz CT molecular complexity index is 455. The molecule has 2 rings (SSSR count). The van der Waals surface area contributed by atoms with Crippen molar-refractivity contribution in [1.29, 1.82) is 0 Å². The number of rotatable bonds is 1. The molecule has 0 saturated carbocycles. The SMILES string of the molecule is CC1COc2c(cc(N)cc2C(C)C)NC1=O. The Kier molecular flexibility index (Phi) is 2.96. The summed E-state index contributed by atoms with van der Waals surface area (Å²) in [5.74, 6) is 0.886. The minimum atomic E-state index is -0.149. The molecule has 1 aliphatic rings. The van der Waals surface area contributed by atoms with Crippen LogP contribution in [0.4, 0.5) is 11.4 Å². The second-order valence-corrected chi connectivity index (χ2v) is 4.84. The molecule has 4 nitrogen and oxygen atoms in total. The van der Waals surface area contributed by atoms with Gasteiger partial charge in [-0.3, -0.25) is 4.79 Å². The number of ether oxygens (including phenoxy) is 1. The first-order valence-electron chi connectivity index (χ1n) is 5.86. The fraction of sp³-hybridized carbons (Fsp3) is 0.462. The van der Waals surface area contributed by atoms with Crippen LogP contribution in [-0.4, -0.2) is 12.5 Å². The van der Waals surface area contributed by atoms with Crippen molar-refractivity contribution in [1.82, 2.24) is 0 Å². The Labute approximate surface area is 101 Å². The largest absolute Gasteiger partial charge is 0.490 e. The molecular formula is C13H18N2O2. The standard InChI is InChI=1S/C13H18N2O2/c1-7(2)10-4-9(14)5-11-12(10)17-6-8(3)13(16)15-11/h4-5,7-8H,6,14H2,1-3H3,(H,15,16). The van der Waals surface area contributed by atoms with E-state index in [0.29, 0.717) is 23.9 Å². The number of anilines is 2. The highest BCUT2D eigenvalue weighted by Gasteiger charge is 2.23. The third kappa shape index (κ3) is 2.20. The third-order valence-electron chi connectivity index (χ3n) is 2.95. The molecule has 1 aliphatic heterocycles. The molecule has 1 unspecified atom stereocenters. The van der Waals surface area contributed by atoms with Crippen LogP contribution in [0.2, 0.25) is 0 Å². The summed E-state index contributed by atoms with van der Waals surface area (Å²) in [7, 11) is 0. The van der Waals surface area contributed by atoms with Crippen LogP contribution in [0, 0.1) is 5.92 Å². The summed E-state index contributed by atoms with van der Waals surface area (Å²) >= 11 is 0. The van der Waals surface area contributed by atoms with Crippen LogP contribution < -0.4 is 15.8 Å². The molecule has 0 radical (unpaired) electrons. The van der Waals surface area contributed by atoms with Gasteiger partial charge in [-0.15, -0.1) is 0 Å². The second kappa shape index (κ2) is 4.28. The molecule has 1 heterocycles. The van der Waals surface area contributed by atoms with E-state index in [9.17, 15) is 4.79 Å². The van der Waals surface area contributed by atoms with Crippen molar-refractivity contribution in [2.24, 2.45) is 5.92 Å². The van der Waals surface area contributed by atoms with Gasteiger partial charge in [0.05, 0.1) is 18.2 Å². The van der Waals surface area contributed by atoms with Crippen molar-refractivity contribution < 1.29 is 9.53 Å². The lowest BCUT2D eigenvalue weighted by Crippen LogP contribution is -2.22. The predicted molar refractivity (Wildman–Crippen MR) is 68.2 cm³/mol. The fourth-order valence-corrected chi connectivity index (χ4v) is 1.90. The summed E-state index contributed by atoms with van der Waals surface area (Å²) in [4.78, 5) is 11.7. The van der Waals surface area contributed by atoms with Gasteiger partial charge in [-0.05, 0) is 18.1 Å². The van der Waals surface area contributed by atoms with Crippen LogP contribution in [0.1, 0.15) is 32.3 Å². The van der Waals surface area contributed by atoms with E-state index in [-0.39, 0.29) is 11.8 Å². The Morgan fingerprint density at radius 3 is 2.82 bits per heavy atom. The molecule has 92 valence electrons. The molecule has 0 fully saturated rings. The van der Waals surface area contributed by atoms with Gasteiger partial charge in [0.25, 0.3) is 0 Å². The van der Waals surface area contributed by atoms with Gasteiger partial charge >= 0.3 is 0 Å². The zero-order valence-corrected chi connectivity index (χ0v) is 10.4.